The van der Waals surface area contributed by atoms with Gasteiger partial charge in [-0.3, -0.25) is 14.4 Å². The second-order valence-corrected chi connectivity index (χ2v) is 10.2. The molecule has 4 rings (SSSR count). The van der Waals surface area contributed by atoms with Crippen LogP contribution in [0.15, 0.2) is 49.6 Å². The molecule has 3 aliphatic rings. The van der Waals surface area contributed by atoms with E-state index in [1.165, 1.54) is 4.90 Å². The number of likely N-dealkylation sites (N-methyl/N-ethyl adjacent to an activating group) is 1. The third-order valence-electron chi connectivity index (χ3n) is 8.31. The third kappa shape index (κ3) is 4.41. The maximum Gasteiger partial charge on any atom is 0.253 e. The van der Waals surface area contributed by atoms with Gasteiger partial charge in [0.05, 0.1) is 24.5 Å². The van der Waals surface area contributed by atoms with Crippen LogP contribution < -0.4 is 9.80 Å². The van der Waals surface area contributed by atoms with Crippen molar-refractivity contribution >= 4 is 29.1 Å². The molecule has 9 nitrogen and oxygen atoms in total. The Labute approximate surface area is 225 Å². The molecule has 9 heteroatoms. The minimum Gasteiger partial charge on any atom is -0.395 e. The number of hydrogen-bond donors (Lipinski definition) is 1. The summed E-state index contributed by atoms with van der Waals surface area (Å²) in [5.41, 5.74) is 0.640. The zero-order valence-electron chi connectivity index (χ0n) is 22.7. The van der Waals surface area contributed by atoms with Crippen molar-refractivity contribution in [3.63, 3.8) is 0 Å². The molecule has 3 aliphatic heterocycles. The SMILES string of the molecule is C=CCN(C)C(=O)[C@@H]1[C@H]2C(=O)N(CCO)C(C(=O)N(CC=C)c3ccc(N(CC)CC)cc3)C23CC[C@H]1O3. The molecule has 2 bridgehead atoms. The summed E-state index contributed by atoms with van der Waals surface area (Å²) < 4.78 is 6.47. The molecule has 3 fully saturated rings. The fraction of sp³-hybridized carbons (Fsp3) is 0.552. The molecule has 38 heavy (non-hydrogen) atoms. The summed E-state index contributed by atoms with van der Waals surface area (Å²) in [6, 6.07) is 6.84. The molecule has 1 aromatic rings. The van der Waals surface area contributed by atoms with E-state index in [1.807, 2.05) is 24.3 Å². The second-order valence-electron chi connectivity index (χ2n) is 10.2. The Morgan fingerprint density at radius 2 is 1.74 bits per heavy atom. The topological polar surface area (TPSA) is 93.6 Å². The molecule has 3 amide bonds. The van der Waals surface area contributed by atoms with Crippen molar-refractivity contribution in [1.29, 1.82) is 0 Å². The predicted octanol–water partition coefficient (Wildman–Crippen LogP) is 2.06. The molecule has 2 unspecified atom stereocenters. The molecule has 0 aromatic heterocycles. The van der Waals surface area contributed by atoms with Gasteiger partial charge in [0.15, 0.2) is 0 Å². The normalized spacial score (nSPS) is 27.3. The first-order chi connectivity index (χ1) is 18.3. The summed E-state index contributed by atoms with van der Waals surface area (Å²) in [6.07, 6.45) is 3.98. The quantitative estimate of drug-likeness (QED) is 0.421. The van der Waals surface area contributed by atoms with Gasteiger partial charge in [0.1, 0.15) is 11.6 Å². The van der Waals surface area contributed by atoms with Crippen molar-refractivity contribution in [2.24, 2.45) is 11.8 Å². The summed E-state index contributed by atoms with van der Waals surface area (Å²) in [5.74, 6) is -2.21. The number of benzene rings is 1. The monoisotopic (exact) mass is 524 g/mol. The van der Waals surface area contributed by atoms with E-state index in [9.17, 15) is 19.5 Å². The Morgan fingerprint density at radius 3 is 2.32 bits per heavy atom. The third-order valence-corrected chi connectivity index (χ3v) is 8.31. The number of fused-ring (bicyclic) bond motifs is 1. The van der Waals surface area contributed by atoms with Crippen molar-refractivity contribution in [2.45, 2.75) is 44.4 Å². The van der Waals surface area contributed by atoms with Crippen LogP contribution in [-0.2, 0) is 19.1 Å². The number of aliphatic hydroxyl groups excluding tert-OH is 1. The average Bonchev–Trinajstić information content (AvgIpc) is 3.56. The number of likely N-dealkylation sites (tertiary alicyclic amines) is 1. The van der Waals surface area contributed by atoms with E-state index in [4.69, 9.17) is 4.74 Å². The molecule has 0 radical (unpaired) electrons. The number of anilines is 2. The van der Waals surface area contributed by atoms with Crippen LogP contribution in [0.5, 0.6) is 0 Å². The summed E-state index contributed by atoms with van der Waals surface area (Å²) in [7, 11) is 1.68. The first-order valence-electron chi connectivity index (χ1n) is 13.5. The van der Waals surface area contributed by atoms with Crippen LogP contribution in [0.4, 0.5) is 11.4 Å². The van der Waals surface area contributed by atoms with E-state index in [-0.39, 0.29) is 37.4 Å². The van der Waals surface area contributed by atoms with Crippen LogP contribution in [0.1, 0.15) is 26.7 Å². The highest BCUT2D eigenvalue weighted by atomic mass is 16.5. The zero-order valence-corrected chi connectivity index (χ0v) is 22.7. The maximum absolute atomic E-state index is 14.3. The minimum atomic E-state index is -1.11. The number of aliphatic hydroxyl groups is 1. The zero-order chi connectivity index (χ0) is 27.6. The molecule has 0 aliphatic carbocycles. The van der Waals surface area contributed by atoms with Crippen molar-refractivity contribution in [2.75, 3.05) is 56.2 Å². The van der Waals surface area contributed by atoms with Crippen LogP contribution in [0, 0.1) is 11.8 Å². The van der Waals surface area contributed by atoms with Gasteiger partial charge >= 0.3 is 0 Å². The first kappa shape index (κ1) is 27.9. The van der Waals surface area contributed by atoms with Gasteiger partial charge in [-0.15, -0.1) is 13.2 Å². The molecular weight excluding hydrogens is 484 g/mol. The minimum absolute atomic E-state index is 0.00620. The molecular formula is C29H40N4O5. The number of carbonyl (C=O) groups is 3. The van der Waals surface area contributed by atoms with Crippen molar-refractivity contribution < 1.29 is 24.2 Å². The molecule has 5 atom stereocenters. The number of carbonyl (C=O) groups excluding carboxylic acids is 3. The number of nitrogens with zero attached hydrogens (tertiary/aromatic N) is 4. The number of ether oxygens (including phenoxy) is 1. The highest BCUT2D eigenvalue weighted by Crippen LogP contribution is 2.58. The summed E-state index contributed by atoms with van der Waals surface area (Å²) >= 11 is 0. The first-order valence-corrected chi connectivity index (χ1v) is 13.5. The molecule has 3 saturated heterocycles. The molecule has 206 valence electrons. The Balaban J connectivity index is 1.71. The molecule has 1 N–H and O–H groups in total. The van der Waals surface area contributed by atoms with Crippen molar-refractivity contribution in [3.8, 4) is 0 Å². The highest BCUT2D eigenvalue weighted by molar-refractivity contribution is 6.05. The van der Waals surface area contributed by atoms with E-state index >= 15 is 0 Å². The Bertz CT molecular complexity index is 1070. The van der Waals surface area contributed by atoms with Gasteiger partial charge in [0.2, 0.25) is 11.8 Å². The number of hydrogen-bond acceptors (Lipinski definition) is 6. The highest BCUT2D eigenvalue weighted by Gasteiger charge is 2.74. The Morgan fingerprint density at radius 1 is 1.11 bits per heavy atom. The van der Waals surface area contributed by atoms with Crippen LogP contribution >= 0.6 is 0 Å². The Kier molecular flexibility index (Phi) is 8.28. The van der Waals surface area contributed by atoms with Gasteiger partial charge in [-0.25, -0.2) is 0 Å². The summed E-state index contributed by atoms with van der Waals surface area (Å²) in [5, 5.41) is 9.83. The molecule has 1 aromatic carbocycles. The molecule has 3 heterocycles. The van der Waals surface area contributed by atoms with E-state index in [1.54, 1.807) is 29.0 Å². The van der Waals surface area contributed by atoms with Gasteiger partial charge in [-0.05, 0) is 51.0 Å². The maximum atomic E-state index is 14.3. The lowest BCUT2D eigenvalue weighted by molar-refractivity contribution is -0.144. The van der Waals surface area contributed by atoms with Gasteiger partial charge < -0.3 is 29.4 Å². The lowest BCUT2D eigenvalue weighted by atomic mass is 9.70. The van der Waals surface area contributed by atoms with E-state index < -0.39 is 29.6 Å². The second kappa shape index (κ2) is 11.3. The van der Waals surface area contributed by atoms with E-state index in [0.29, 0.717) is 25.1 Å². The lowest BCUT2D eigenvalue weighted by Gasteiger charge is -2.36. The number of amides is 3. The van der Waals surface area contributed by atoms with Gasteiger partial charge in [-0.1, -0.05) is 12.2 Å². The smallest absolute Gasteiger partial charge is 0.253 e. The standard InChI is InChI=1S/C29H40N4O5/c1-6-16-30(5)26(35)23-22-14-15-29(38-22)24(23)27(36)33(18-19-34)25(29)28(37)32(17-7-2)21-12-10-20(11-13-21)31(8-3)9-4/h6-7,10-13,22-25,34H,1-2,8-9,14-19H2,3-5H3/t22-,23+,24+,25?,29?/m1/s1. The largest absolute Gasteiger partial charge is 0.395 e. The summed E-state index contributed by atoms with van der Waals surface area (Å²) in [4.78, 5) is 48.4. The lowest BCUT2D eigenvalue weighted by Crippen LogP contribution is -2.57. The van der Waals surface area contributed by atoms with Crippen molar-refractivity contribution in [1.82, 2.24) is 9.80 Å². The fourth-order valence-corrected chi connectivity index (χ4v) is 6.63. The van der Waals surface area contributed by atoms with Gasteiger partial charge in [0, 0.05) is 51.1 Å². The van der Waals surface area contributed by atoms with Crippen LogP contribution in [0.3, 0.4) is 0 Å². The van der Waals surface area contributed by atoms with Crippen LogP contribution in [0.25, 0.3) is 0 Å². The number of rotatable bonds is 12. The van der Waals surface area contributed by atoms with E-state index in [0.717, 1.165) is 18.8 Å². The van der Waals surface area contributed by atoms with Crippen LogP contribution in [-0.4, -0.2) is 96.8 Å². The average molecular weight is 525 g/mol. The van der Waals surface area contributed by atoms with E-state index in [2.05, 4.69) is 31.9 Å². The van der Waals surface area contributed by atoms with Gasteiger partial charge in [0.25, 0.3) is 5.91 Å². The van der Waals surface area contributed by atoms with Gasteiger partial charge in [-0.2, -0.15) is 0 Å². The van der Waals surface area contributed by atoms with Crippen molar-refractivity contribution in [3.05, 3.63) is 49.6 Å². The number of β-amino-alcohol motifs (C(OH)–C–C–N with tert-alkyl or cyclic N) is 1. The molecule has 0 saturated carbocycles. The Hall–Kier alpha value is -3.17. The molecule has 1 spiro atoms. The predicted molar refractivity (Wildman–Crippen MR) is 147 cm³/mol. The summed E-state index contributed by atoms with van der Waals surface area (Å²) in [6.45, 7) is 13.8. The fourth-order valence-electron chi connectivity index (χ4n) is 6.63. The van der Waals surface area contributed by atoms with Crippen LogP contribution in [0.2, 0.25) is 0 Å².